The van der Waals surface area contributed by atoms with Crippen LogP contribution < -0.4 is 5.73 Å². The molecular formula is C51H90NO9P. The van der Waals surface area contributed by atoms with E-state index in [0.29, 0.717) is 13.0 Å². The minimum Gasteiger partial charge on any atom is -0.480 e. The first-order valence-corrected chi connectivity index (χ1v) is 26.0. The molecule has 358 valence electrons. The molecule has 0 aliphatic rings. The van der Waals surface area contributed by atoms with Crippen molar-refractivity contribution < 1.29 is 42.7 Å². The molecule has 0 radical (unpaired) electrons. The molecule has 0 aromatic rings. The molecule has 0 aromatic heterocycles. The molecule has 0 aromatic carbocycles. The molecular weight excluding hydrogens is 802 g/mol. The molecule has 62 heavy (non-hydrogen) atoms. The summed E-state index contributed by atoms with van der Waals surface area (Å²) in [5.41, 5.74) is 5.37. The fourth-order valence-electron chi connectivity index (χ4n) is 6.45. The number of aliphatic carboxylic acids is 1. The zero-order valence-corrected chi connectivity index (χ0v) is 40.1. The molecule has 3 atom stereocenters. The Kier molecular flexibility index (Phi) is 44.5. The third kappa shape index (κ3) is 45.4. The lowest BCUT2D eigenvalue weighted by molar-refractivity contribution is -0.154. The molecule has 10 nitrogen and oxygen atoms in total. The molecule has 0 heterocycles. The summed E-state index contributed by atoms with van der Waals surface area (Å²) in [5.74, 6) is -1.80. The van der Waals surface area contributed by atoms with Gasteiger partial charge in [-0.1, -0.05) is 183 Å². The van der Waals surface area contributed by atoms with Crippen molar-refractivity contribution in [3.05, 3.63) is 72.9 Å². The van der Waals surface area contributed by atoms with E-state index in [0.717, 1.165) is 83.5 Å². The summed E-state index contributed by atoms with van der Waals surface area (Å²) < 4.78 is 33.5. The Morgan fingerprint density at radius 2 is 0.935 bits per heavy atom. The van der Waals surface area contributed by atoms with E-state index in [9.17, 15) is 19.0 Å². The number of phosphoric ester groups is 1. The maximum atomic E-state index is 12.7. The molecule has 0 saturated carbocycles. The normalized spacial score (nSPS) is 14.4. The first kappa shape index (κ1) is 59.4. The van der Waals surface area contributed by atoms with E-state index in [4.69, 9.17) is 29.4 Å². The highest BCUT2D eigenvalue weighted by Gasteiger charge is 2.27. The average Bonchev–Trinajstić information content (AvgIpc) is 3.25. The van der Waals surface area contributed by atoms with Gasteiger partial charge in [0, 0.05) is 13.0 Å². The molecule has 3 unspecified atom stereocenters. The van der Waals surface area contributed by atoms with Crippen molar-refractivity contribution >= 4 is 19.8 Å². The Morgan fingerprint density at radius 1 is 0.532 bits per heavy atom. The van der Waals surface area contributed by atoms with Crippen molar-refractivity contribution in [2.75, 3.05) is 26.4 Å². The van der Waals surface area contributed by atoms with Crippen LogP contribution in [0.4, 0.5) is 0 Å². The fourth-order valence-corrected chi connectivity index (χ4v) is 7.23. The topological polar surface area (TPSA) is 155 Å². The molecule has 11 heteroatoms. The number of unbranched alkanes of at least 4 members (excludes halogenated alkanes) is 20. The van der Waals surface area contributed by atoms with E-state index < -0.39 is 45.1 Å². The Bertz CT molecular complexity index is 1260. The first-order chi connectivity index (χ1) is 30.2. The summed E-state index contributed by atoms with van der Waals surface area (Å²) in [4.78, 5) is 33.7. The Labute approximate surface area is 378 Å². The molecule has 0 amide bonds. The van der Waals surface area contributed by atoms with Crippen molar-refractivity contribution in [1.82, 2.24) is 0 Å². The second-order valence-corrected chi connectivity index (χ2v) is 17.7. The minimum atomic E-state index is -4.63. The molecule has 4 N–H and O–H groups in total. The number of hydrogen-bond acceptors (Lipinski definition) is 8. The van der Waals surface area contributed by atoms with Crippen LogP contribution in [0.1, 0.15) is 200 Å². The van der Waals surface area contributed by atoms with Crippen LogP contribution in [0.3, 0.4) is 0 Å². The van der Waals surface area contributed by atoms with Gasteiger partial charge < -0.3 is 25.2 Å². The Hall–Kier alpha value is -2.59. The van der Waals surface area contributed by atoms with Gasteiger partial charge in [-0.3, -0.25) is 18.6 Å². The van der Waals surface area contributed by atoms with Crippen LogP contribution in [-0.2, 0) is 32.7 Å². The summed E-state index contributed by atoms with van der Waals surface area (Å²) in [5, 5.41) is 8.92. The third-order valence-electron chi connectivity index (χ3n) is 10.2. The Balaban J connectivity index is 4.24. The van der Waals surface area contributed by atoms with Gasteiger partial charge >= 0.3 is 19.8 Å². The zero-order chi connectivity index (χ0) is 45.5. The van der Waals surface area contributed by atoms with Gasteiger partial charge in [0.05, 0.1) is 19.8 Å². The molecule has 0 bridgehead atoms. The number of carbonyl (C=O) groups is 2. The molecule has 0 saturated heterocycles. The van der Waals surface area contributed by atoms with Crippen LogP contribution in [0, 0.1) is 0 Å². The predicted molar refractivity (Wildman–Crippen MR) is 258 cm³/mol. The van der Waals surface area contributed by atoms with E-state index in [1.165, 1.54) is 89.9 Å². The summed E-state index contributed by atoms with van der Waals surface area (Å²) in [6.07, 6.45) is 58.1. The second-order valence-electron chi connectivity index (χ2n) is 16.2. The van der Waals surface area contributed by atoms with Gasteiger partial charge in [-0.05, 0) is 83.5 Å². The highest BCUT2D eigenvalue weighted by molar-refractivity contribution is 7.47. The fraction of sp³-hybridized carbons (Fsp3) is 0.725. The quantitative estimate of drug-likeness (QED) is 0.0233. The van der Waals surface area contributed by atoms with E-state index in [-0.39, 0.29) is 13.0 Å². The Morgan fingerprint density at radius 3 is 1.42 bits per heavy atom. The summed E-state index contributed by atoms with van der Waals surface area (Å²) in [6, 6.07) is -1.48. The van der Waals surface area contributed by atoms with Gasteiger partial charge in [0.2, 0.25) is 0 Å². The molecule has 0 spiro atoms. The predicted octanol–water partition coefficient (Wildman–Crippen LogP) is 14.2. The van der Waals surface area contributed by atoms with Crippen molar-refractivity contribution in [1.29, 1.82) is 0 Å². The second kappa shape index (κ2) is 46.4. The van der Waals surface area contributed by atoms with Crippen molar-refractivity contribution in [2.24, 2.45) is 5.73 Å². The zero-order valence-electron chi connectivity index (χ0n) is 39.2. The lowest BCUT2D eigenvalue weighted by Gasteiger charge is -2.20. The maximum absolute atomic E-state index is 12.7. The number of nitrogens with two attached hydrogens (primary N) is 1. The average molecular weight is 892 g/mol. The van der Waals surface area contributed by atoms with Crippen LogP contribution in [0.25, 0.3) is 0 Å². The molecule has 0 aliphatic heterocycles. The SMILES string of the molecule is CC/C=C\C/C=C\C/C=C\C/C=C\C/C=C\CCCCCCCC(=O)OC(COCCCCCCCCCC/C=C\CCCCCCCCC)COP(=O)(O)OCC(N)C(=O)O. The highest BCUT2D eigenvalue weighted by Crippen LogP contribution is 2.43. The number of carboxylic acid groups (broad SMARTS) is 1. The summed E-state index contributed by atoms with van der Waals surface area (Å²) >= 11 is 0. The monoisotopic (exact) mass is 892 g/mol. The lowest BCUT2D eigenvalue weighted by Crippen LogP contribution is -2.34. The van der Waals surface area contributed by atoms with E-state index >= 15 is 0 Å². The van der Waals surface area contributed by atoms with Crippen molar-refractivity contribution in [2.45, 2.75) is 212 Å². The van der Waals surface area contributed by atoms with Crippen molar-refractivity contribution in [3.63, 3.8) is 0 Å². The molecule has 0 aliphatic carbocycles. The van der Waals surface area contributed by atoms with Crippen LogP contribution in [0.2, 0.25) is 0 Å². The summed E-state index contributed by atoms with van der Waals surface area (Å²) in [7, 11) is -4.63. The molecule has 0 rings (SSSR count). The number of rotatable bonds is 46. The van der Waals surface area contributed by atoms with Crippen LogP contribution in [0.5, 0.6) is 0 Å². The van der Waals surface area contributed by atoms with E-state index in [1.807, 2.05) is 0 Å². The van der Waals surface area contributed by atoms with E-state index in [1.54, 1.807) is 0 Å². The van der Waals surface area contributed by atoms with Gasteiger partial charge in [-0.2, -0.15) is 0 Å². The standard InChI is InChI=1S/C51H90NO9P/c1-3-5-7-9-11-13-15-17-19-21-23-24-25-27-29-31-33-35-37-39-41-43-50(53)61-48(46-59-62(56,57)60-47-49(52)51(54)55)45-58-44-42-40-38-36-34-32-30-28-26-22-20-18-16-14-12-10-8-6-4-2/h5,7,11,13,17,19-20,22-24,27,29,48-49H,3-4,6,8-10,12,14-16,18,21,25-26,28,30-47,52H2,1-2H3,(H,54,55)(H,56,57)/b7-5-,13-11-,19-17-,22-20-,24-23-,29-27-. The number of carboxylic acids is 1. The summed E-state index contributed by atoms with van der Waals surface area (Å²) in [6.45, 7) is 3.74. The van der Waals surface area contributed by atoms with Gasteiger partial charge in [0.25, 0.3) is 0 Å². The number of carbonyl (C=O) groups excluding carboxylic acids is 1. The van der Waals surface area contributed by atoms with Crippen molar-refractivity contribution in [3.8, 4) is 0 Å². The van der Waals surface area contributed by atoms with Crippen LogP contribution in [0.15, 0.2) is 72.9 Å². The van der Waals surface area contributed by atoms with Gasteiger partial charge in [-0.25, -0.2) is 4.57 Å². The number of phosphoric acid groups is 1. The molecule has 0 fully saturated rings. The van der Waals surface area contributed by atoms with Gasteiger partial charge in [0.1, 0.15) is 12.1 Å². The number of ether oxygens (including phenoxy) is 2. The number of esters is 1. The lowest BCUT2D eigenvalue weighted by atomic mass is 10.1. The first-order valence-electron chi connectivity index (χ1n) is 24.5. The number of allylic oxidation sites excluding steroid dienone is 12. The van der Waals surface area contributed by atoms with Gasteiger partial charge in [-0.15, -0.1) is 0 Å². The highest BCUT2D eigenvalue weighted by atomic mass is 31.2. The van der Waals surface area contributed by atoms with Crippen LogP contribution >= 0.6 is 7.82 Å². The van der Waals surface area contributed by atoms with Crippen LogP contribution in [-0.4, -0.2) is 60.5 Å². The third-order valence-corrected chi connectivity index (χ3v) is 11.2. The largest absolute Gasteiger partial charge is 0.480 e. The maximum Gasteiger partial charge on any atom is 0.472 e. The van der Waals surface area contributed by atoms with E-state index in [2.05, 4.69) is 86.8 Å². The minimum absolute atomic E-state index is 0.00364. The smallest absolute Gasteiger partial charge is 0.472 e. The number of hydrogen-bond donors (Lipinski definition) is 3. The van der Waals surface area contributed by atoms with Gasteiger partial charge in [0.15, 0.2) is 0 Å².